The van der Waals surface area contributed by atoms with Gasteiger partial charge in [-0.15, -0.1) is 0 Å². The van der Waals surface area contributed by atoms with Crippen molar-refractivity contribution in [3.05, 3.63) is 64.9 Å². The van der Waals surface area contributed by atoms with E-state index in [1.807, 2.05) is 4.90 Å². The SMILES string of the molecule is O=C1CCN(C2CCN(CC3COC(c4ccc(F)cc4)C3)CC2)C(=O)N1c1ccccc1Cl. The molecule has 3 saturated heterocycles. The molecule has 3 aliphatic rings. The fourth-order valence-electron chi connectivity index (χ4n) is 5.37. The summed E-state index contributed by atoms with van der Waals surface area (Å²) in [6.07, 6.45) is 3.03. The Kier molecular flexibility index (Phi) is 6.86. The minimum absolute atomic E-state index is 0.0300. The standard InChI is InChI=1S/C26H29ClFN3O3/c27-22-3-1-2-4-23(22)31-25(32)11-14-30(26(31)33)21-9-12-29(13-10-21)16-18-15-24(34-17-18)19-5-7-20(28)8-6-19/h1-8,18,21,24H,9-17H2. The van der Waals surface area contributed by atoms with E-state index in [2.05, 4.69) is 4.90 Å². The Labute approximate surface area is 204 Å². The Morgan fingerprint density at radius 2 is 1.74 bits per heavy atom. The number of nitrogens with zero attached hydrogens (tertiary/aromatic N) is 3. The summed E-state index contributed by atoms with van der Waals surface area (Å²) in [5.74, 6) is 0.00740. The van der Waals surface area contributed by atoms with Gasteiger partial charge in [-0.25, -0.2) is 14.1 Å². The number of hydrogen-bond acceptors (Lipinski definition) is 4. The molecule has 2 unspecified atom stereocenters. The van der Waals surface area contributed by atoms with Crippen LogP contribution >= 0.6 is 11.6 Å². The Morgan fingerprint density at radius 3 is 2.47 bits per heavy atom. The molecular formula is C26H29ClFN3O3. The second kappa shape index (κ2) is 10.0. The van der Waals surface area contributed by atoms with Gasteiger partial charge >= 0.3 is 6.03 Å². The van der Waals surface area contributed by atoms with Crippen molar-refractivity contribution in [1.82, 2.24) is 9.80 Å². The number of halogens is 2. The van der Waals surface area contributed by atoms with Gasteiger partial charge in [0.05, 0.1) is 23.4 Å². The smallest absolute Gasteiger partial charge is 0.331 e. The molecule has 2 aromatic carbocycles. The molecule has 2 aromatic rings. The van der Waals surface area contributed by atoms with Crippen LogP contribution < -0.4 is 4.90 Å². The number of hydrogen-bond donors (Lipinski definition) is 0. The quantitative estimate of drug-likeness (QED) is 0.605. The van der Waals surface area contributed by atoms with E-state index in [4.69, 9.17) is 16.3 Å². The van der Waals surface area contributed by atoms with Crippen molar-refractivity contribution < 1.29 is 18.7 Å². The van der Waals surface area contributed by atoms with Crippen LogP contribution in [0.25, 0.3) is 0 Å². The monoisotopic (exact) mass is 485 g/mol. The van der Waals surface area contributed by atoms with Gasteiger partial charge < -0.3 is 14.5 Å². The zero-order valence-electron chi connectivity index (χ0n) is 19.0. The molecule has 3 amide bonds. The number of benzene rings is 2. The molecule has 3 fully saturated rings. The first-order valence-electron chi connectivity index (χ1n) is 12.0. The van der Waals surface area contributed by atoms with Crippen molar-refractivity contribution in [1.29, 1.82) is 0 Å². The van der Waals surface area contributed by atoms with Gasteiger partial charge in [-0.1, -0.05) is 35.9 Å². The minimum atomic E-state index is -0.269. The molecule has 0 saturated carbocycles. The molecule has 0 spiro atoms. The summed E-state index contributed by atoms with van der Waals surface area (Å²) in [7, 11) is 0. The van der Waals surface area contributed by atoms with Crippen molar-refractivity contribution >= 4 is 29.2 Å². The number of carbonyl (C=O) groups excluding carboxylic acids is 2. The molecule has 5 rings (SSSR count). The largest absolute Gasteiger partial charge is 0.373 e. The number of anilines is 1. The highest BCUT2D eigenvalue weighted by molar-refractivity contribution is 6.35. The van der Waals surface area contributed by atoms with E-state index in [0.29, 0.717) is 36.2 Å². The number of likely N-dealkylation sites (tertiary alicyclic amines) is 1. The van der Waals surface area contributed by atoms with Crippen LogP contribution in [0, 0.1) is 11.7 Å². The first-order valence-corrected chi connectivity index (χ1v) is 12.3. The van der Waals surface area contributed by atoms with Gasteiger partial charge in [-0.2, -0.15) is 0 Å². The lowest BCUT2D eigenvalue weighted by Crippen LogP contribution is -2.58. The predicted octanol–water partition coefficient (Wildman–Crippen LogP) is 4.88. The van der Waals surface area contributed by atoms with E-state index in [1.165, 1.54) is 17.0 Å². The fourth-order valence-corrected chi connectivity index (χ4v) is 5.59. The number of rotatable bonds is 5. The molecule has 0 aliphatic carbocycles. The number of piperidine rings is 1. The molecule has 0 N–H and O–H groups in total. The molecule has 3 heterocycles. The van der Waals surface area contributed by atoms with Gasteiger partial charge in [0, 0.05) is 38.6 Å². The molecule has 0 bridgehead atoms. The van der Waals surface area contributed by atoms with E-state index >= 15 is 0 Å². The van der Waals surface area contributed by atoms with Crippen LogP contribution in [0.15, 0.2) is 48.5 Å². The zero-order valence-corrected chi connectivity index (χ0v) is 19.8. The van der Waals surface area contributed by atoms with Crippen LogP contribution in [0.2, 0.25) is 5.02 Å². The van der Waals surface area contributed by atoms with Crippen LogP contribution in [0.3, 0.4) is 0 Å². The maximum absolute atomic E-state index is 13.3. The Balaban J connectivity index is 1.15. The van der Waals surface area contributed by atoms with Gasteiger partial charge in [-0.05, 0) is 55.0 Å². The first-order chi connectivity index (χ1) is 16.5. The molecule has 0 aromatic heterocycles. The summed E-state index contributed by atoms with van der Waals surface area (Å²) in [6.45, 7) is 3.95. The Bertz CT molecular complexity index is 1040. The summed E-state index contributed by atoms with van der Waals surface area (Å²) < 4.78 is 19.2. The fraction of sp³-hybridized carbons (Fsp3) is 0.462. The lowest BCUT2D eigenvalue weighted by Gasteiger charge is -2.43. The van der Waals surface area contributed by atoms with Crippen LogP contribution in [0.4, 0.5) is 14.9 Å². The zero-order chi connectivity index (χ0) is 23.7. The van der Waals surface area contributed by atoms with Crippen LogP contribution in [-0.4, -0.2) is 60.6 Å². The van der Waals surface area contributed by atoms with Crippen LogP contribution in [0.1, 0.15) is 37.4 Å². The average molecular weight is 486 g/mol. The molecular weight excluding hydrogens is 457 g/mol. The van der Waals surface area contributed by atoms with Gasteiger partial charge in [0.1, 0.15) is 5.82 Å². The van der Waals surface area contributed by atoms with Gasteiger partial charge in [0.25, 0.3) is 0 Å². The second-order valence-electron chi connectivity index (χ2n) is 9.41. The van der Waals surface area contributed by atoms with Gasteiger partial charge in [0.2, 0.25) is 5.91 Å². The second-order valence-corrected chi connectivity index (χ2v) is 9.82. The molecule has 180 valence electrons. The van der Waals surface area contributed by atoms with Crippen molar-refractivity contribution in [2.75, 3.05) is 37.7 Å². The molecule has 3 aliphatic heterocycles. The van der Waals surface area contributed by atoms with Crippen molar-refractivity contribution in [2.24, 2.45) is 5.92 Å². The highest BCUT2D eigenvalue weighted by Gasteiger charge is 2.39. The molecule has 34 heavy (non-hydrogen) atoms. The van der Waals surface area contributed by atoms with E-state index in [-0.39, 0.29) is 29.9 Å². The van der Waals surface area contributed by atoms with E-state index in [9.17, 15) is 14.0 Å². The van der Waals surface area contributed by atoms with Crippen molar-refractivity contribution in [3.63, 3.8) is 0 Å². The van der Waals surface area contributed by atoms with Crippen molar-refractivity contribution in [2.45, 2.75) is 37.8 Å². The van der Waals surface area contributed by atoms with Crippen molar-refractivity contribution in [3.8, 4) is 0 Å². The molecule has 2 atom stereocenters. The highest BCUT2D eigenvalue weighted by atomic mass is 35.5. The molecule has 6 nitrogen and oxygen atoms in total. The molecule has 8 heteroatoms. The topological polar surface area (TPSA) is 53.1 Å². The third-order valence-electron chi connectivity index (χ3n) is 7.18. The number of imide groups is 1. The predicted molar refractivity (Wildman–Crippen MR) is 128 cm³/mol. The number of amides is 3. The summed E-state index contributed by atoms with van der Waals surface area (Å²) in [5.41, 5.74) is 1.49. The minimum Gasteiger partial charge on any atom is -0.373 e. The average Bonchev–Trinajstić information content (AvgIpc) is 3.30. The van der Waals surface area contributed by atoms with Gasteiger partial charge in [-0.3, -0.25) is 4.79 Å². The van der Waals surface area contributed by atoms with E-state index in [0.717, 1.165) is 44.5 Å². The van der Waals surface area contributed by atoms with Gasteiger partial charge in [0.15, 0.2) is 0 Å². The van der Waals surface area contributed by atoms with Crippen LogP contribution in [0.5, 0.6) is 0 Å². The summed E-state index contributed by atoms with van der Waals surface area (Å²) in [5, 5.41) is 0.401. The third-order valence-corrected chi connectivity index (χ3v) is 7.50. The molecule has 0 radical (unpaired) electrons. The maximum atomic E-state index is 13.3. The van der Waals surface area contributed by atoms with E-state index in [1.54, 1.807) is 36.4 Å². The number of urea groups is 1. The number of para-hydroxylation sites is 1. The Hall–Kier alpha value is -2.48. The van der Waals surface area contributed by atoms with E-state index < -0.39 is 0 Å². The number of carbonyl (C=O) groups is 2. The summed E-state index contributed by atoms with van der Waals surface area (Å²) in [6, 6.07) is 13.4. The Morgan fingerprint density at radius 1 is 1.00 bits per heavy atom. The lowest BCUT2D eigenvalue weighted by atomic mass is 9.97. The van der Waals surface area contributed by atoms with Crippen LogP contribution in [-0.2, 0) is 9.53 Å². The normalized spacial score (nSPS) is 24.8. The third kappa shape index (κ3) is 4.83. The highest BCUT2D eigenvalue weighted by Crippen LogP contribution is 2.34. The lowest BCUT2D eigenvalue weighted by molar-refractivity contribution is -0.119. The summed E-state index contributed by atoms with van der Waals surface area (Å²) in [4.78, 5) is 31.4. The first kappa shape index (κ1) is 23.3. The maximum Gasteiger partial charge on any atom is 0.331 e. The number of ether oxygens (including phenoxy) is 1. The summed E-state index contributed by atoms with van der Waals surface area (Å²) >= 11 is 6.28.